The lowest BCUT2D eigenvalue weighted by atomic mass is 9.82. The third-order valence-corrected chi connectivity index (χ3v) is 6.53. The highest BCUT2D eigenvalue weighted by Gasteiger charge is 2.30. The molecule has 0 aliphatic heterocycles. The predicted octanol–water partition coefficient (Wildman–Crippen LogP) is 5.72. The molecule has 0 unspecified atom stereocenters. The van der Waals surface area contributed by atoms with Gasteiger partial charge in [0, 0.05) is 24.0 Å². The molecule has 1 aromatic heterocycles. The molecule has 3 N–H and O–H groups in total. The van der Waals surface area contributed by atoms with Crippen LogP contribution in [0.2, 0.25) is 0 Å². The van der Waals surface area contributed by atoms with Gasteiger partial charge in [0.2, 0.25) is 0 Å². The van der Waals surface area contributed by atoms with Crippen LogP contribution in [-0.4, -0.2) is 35.2 Å². The number of carboxylic acid groups (broad SMARTS) is 1. The second-order valence-electron chi connectivity index (χ2n) is 8.93. The van der Waals surface area contributed by atoms with E-state index in [2.05, 4.69) is 15.6 Å². The van der Waals surface area contributed by atoms with Crippen LogP contribution in [0.5, 0.6) is 0 Å². The summed E-state index contributed by atoms with van der Waals surface area (Å²) in [6.45, 7) is 0.953. The molecule has 1 heterocycles. The van der Waals surface area contributed by atoms with E-state index in [0.717, 1.165) is 37.8 Å². The van der Waals surface area contributed by atoms with E-state index in [9.17, 15) is 22.8 Å². The Morgan fingerprint density at radius 1 is 0.914 bits per heavy atom. The number of nitrogens with one attached hydrogen (secondary N) is 2. The van der Waals surface area contributed by atoms with Crippen molar-refractivity contribution in [1.29, 1.82) is 0 Å². The van der Waals surface area contributed by atoms with Crippen LogP contribution in [0.3, 0.4) is 0 Å². The Balaban J connectivity index is 1.48. The fraction of sp³-hybridized carbons (Fsp3) is 0.346. The van der Waals surface area contributed by atoms with Crippen molar-refractivity contribution in [2.75, 3.05) is 13.1 Å². The van der Waals surface area contributed by atoms with Crippen molar-refractivity contribution in [1.82, 2.24) is 15.6 Å². The summed E-state index contributed by atoms with van der Waals surface area (Å²) in [4.78, 5) is 28.4. The first-order chi connectivity index (χ1) is 16.7. The number of pyridine rings is 1. The minimum absolute atomic E-state index is 0.258. The summed E-state index contributed by atoms with van der Waals surface area (Å²) in [5.74, 6) is 0.363. The molecule has 1 fully saturated rings. The van der Waals surface area contributed by atoms with Crippen molar-refractivity contribution in [2.45, 2.75) is 31.9 Å². The van der Waals surface area contributed by atoms with Gasteiger partial charge in [-0.1, -0.05) is 30.3 Å². The minimum Gasteiger partial charge on any atom is -0.465 e. The highest BCUT2D eigenvalue weighted by atomic mass is 19.4. The summed E-state index contributed by atoms with van der Waals surface area (Å²) in [7, 11) is 0. The lowest BCUT2D eigenvalue weighted by molar-refractivity contribution is -0.137. The molecule has 0 bridgehead atoms. The van der Waals surface area contributed by atoms with E-state index in [0.29, 0.717) is 52.6 Å². The lowest BCUT2D eigenvalue weighted by Gasteiger charge is -2.28. The molecule has 35 heavy (non-hydrogen) atoms. The van der Waals surface area contributed by atoms with Crippen LogP contribution in [0.4, 0.5) is 18.0 Å². The van der Waals surface area contributed by atoms with Crippen LogP contribution < -0.4 is 10.6 Å². The smallest absolute Gasteiger partial charge is 0.416 e. The molecule has 0 atom stereocenters. The number of hydrogen-bond donors (Lipinski definition) is 3. The molecule has 2 amide bonds. The number of carbonyl (C=O) groups excluding carboxylic acids is 1. The molecule has 184 valence electrons. The topological polar surface area (TPSA) is 91.3 Å². The lowest BCUT2D eigenvalue weighted by Crippen LogP contribution is -2.34. The molecule has 0 radical (unpaired) electrons. The number of para-hydroxylation sites is 1. The van der Waals surface area contributed by atoms with Gasteiger partial charge in [-0.05, 0) is 61.8 Å². The van der Waals surface area contributed by atoms with Gasteiger partial charge in [-0.2, -0.15) is 13.2 Å². The van der Waals surface area contributed by atoms with E-state index in [4.69, 9.17) is 5.11 Å². The van der Waals surface area contributed by atoms with Crippen LogP contribution in [0.1, 0.15) is 41.6 Å². The first kappa shape index (κ1) is 24.5. The summed E-state index contributed by atoms with van der Waals surface area (Å²) in [6, 6.07) is 13.5. The van der Waals surface area contributed by atoms with Crippen LogP contribution in [0.15, 0.2) is 54.6 Å². The maximum Gasteiger partial charge on any atom is 0.416 e. The molecule has 1 aliphatic carbocycles. The number of amides is 2. The van der Waals surface area contributed by atoms with Gasteiger partial charge in [-0.25, -0.2) is 9.78 Å². The number of fused-ring (bicyclic) bond motifs is 1. The number of aromatic nitrogens is 1. The van der Waals surface area contributed by atoms with E-state index in [1.807, 2.05) is 6.07 Å². The average molecular weight is 486 g/mol. The molecule has 0 saturated heterocycles. The van der Waals surface area contributed by atoms with Gasteiger partial charge in [0.15, 0.2) is 0 Å². The van der Waals surface area contributed by atoms with Gasteiger partial charge < -0.3 is 15.7 Å². The highest BCUT2D eigenvalue weighted by molar-refractivity contribution is 6.07. The molecule has 1 aliphatic rings. The third kappa shape index (κ3) is 6.09. The number of hydrogen-bond acceptors (Lipinski definition) is 3. The summed E-state index contributed by atoms with van der Waals surface area (Å²) < 4.78 is 38.8. The molecular formula is C26H26F3N3O3. The summed E-state index contributed by atoms with van der Waals surface area (Å²) in [6.07, 6.45) is -1.83. The Kier molecular flexibility index (Phi) is 7.23. The van der Waals surface area contributed by atoms with Crippen molar-refractivity contribution in [2.24, 2.45) is 11.8 Å². The monoisotopic (exact) mass is 485 g/mol. The van der Waals surface area contributed by atoms with E-state index >= 15 is 0 Å². The molecular weight excluding hydrogens is 459 g/mol. The van der Waals surface area contributed by atoms with Crippen LogP contribution in [-0.2, 0) is 6.18 Å². The van der Waals surface area contributed by atoms with E-state index in [1.165, 1.54) is 12.1 Å². The minimum atomic E-state index is -4.42. The average Bonchev–Trinajstić information content (AvgIpc) is 2.85. The summed E-state index contributed by atoms with van der Waals surface area (Å²) in [5.41, 5.74) is 1.18. The number of benzene rings is 2. The number of carbonyl (C=O) groups is 2. The fourth-order valence-electron chi connectivity index (χ4n) is 4.54. The normalized spacial score (nSPS) is 18.3. The second kappa shape index (κ2) is 10.3. The molecule has 3 aromatic rings. The molecule has 4 rings (SSSR count). The first-order valence-electron chi connectivity index (χ1n) is 11.5. The van der Waals surface area contributed by atoms with Gasteiger partial charge in [0.1, 0.15) is 0 Å². The highest BCUT2D eigenvalue weighted by Crippen LogP contribution is 2.32. The fourth-order valence-corrected chi connectivity index (χ4v) is 4.54. The zero-order valence-electron chi connectivity index (χ0n) is 18.9. The number of alkyl halides is 3. The Morgan fingerprint density at radius 2 is 1.51 bits per heavy atom. The molecule has 2 aromatic carbocycles. The number of nitrogens with zero attached hydrogens (tertiary/aromatic N) is 1. The van der Waals surface area contributed by atoms with Crippen molar-refractivity contribution in [3.63, 3.8) is 0 Å². The zero-order valence-corrected chi connectivity index (χ0v) is 18.9. The van der Waals surface area contributed by atoms with Crippen molar-refractivity contribution >= 4 is 22.9 Å². The quantitative estimate of drug-likeness (QED) is 0.416. The van der Waals surface area contributed by atoms with Gasteiger partial charge in [0.05, 0.1) is 22.3 Å². The van der Waals surface area contributed by atoms with E-state index in [1.54, 1.807) is 24.3 Å². The van der Waals surface area contributed by atoms with E-state index in [-0.39, 0.29) is 5.91 Å². The predicted molar refractivity (Wildman–Crippen MR) is 126 cm³/mol. The largest absolute Gasteiger partial charge is 0.465 e. The van der Waals surface area contributed by atoms with Crippen molar-refractivity contribution < 1.29 is 27.9 Å². The number of halogens is 3. The molecule has 6 nitrogen and oxygen atoms in total. The molecule has 9 heteroatoms. The second-order valence-corrected chi connectivity index (χ2v) is 8.93. The maximum absolute atomic E-state index is 13.1. The van der Waals surface area contributed by atoms with E-state index < -0.39 is 17.8 Å². The number of rotatable bonds is 6. The van der Waals surface area contributed by atoms with Crippen molar-refractivity contribution in [3.05, 3.63) is 65.7 Å². The summed E-state index contributed by atoms with van der Waals surface area (Å²) in [5, 5.41) is 14.9. The van der Waals surface area contributed by atoms with Gasteiger partial charge in [-0.15, -0.1) is 0 Å². The van der Waals surface area contributed by atoms with Crippen LogP contribution in [0.25, 0.3) is 22.2 Å². The third-order valence-electron chi connectivity index (χ3n) is 6.53. The Hall–Kier alpha value is -3.62. The standard InChI is InChI=1S/C26H26F3N3O3/c27-26(28,29)19-11-9-18(10-12-19)23-13-21(20-3-1-2-4-22(20)32-23)24(33)30-14-16-5-7-17(8-6-16)15-31-25(34)35/h1-4,9-13,16-17,31H,5-8,14-15H2,(H,30,33)(H,34,35). The summed E-state index contributed by atoms with van der Waals surface area (Å²) >= 11 is 0. The molecule has 0 spiro atoms. The Bertz CT molecular complexity index is 1200. The van der Waals surface area contributed by atoms with Crippen molar-refractivity contribution in [3.8, 4) is 11.3 Å². The first-order valence-corrected chi connectivity index (χ1v) is 11.5. The Labute approximate surface area is 200 Å². The maximum atomic E-state index is 13.1. The van der Waals surface area contributed by atoms with Gasteiger partial charge in [-0.3, -0.25) is 4.79 Å². The SMILES string of the molecule is O=C(O)NCC1CCC(CNC(=O)c2cc(-c3ccc(C(F)(F)F)cc3)nc3ccccc23)CC1. The van der Waals surface area contributed by atoms with Gasteiger partial charge in [0.25, 0.3) is 5.91 Å². The van der Waals surface area contributed by atoms with Gasteiger partial charge >= 0.3 is 12.3 Å². The molecule has 1 saturated carbocycles. The van der Waals surface area contributed by atoms with Crippen LogP contribution in [0, 0.1) is 11.8 Å². The zero-order chi connectivity index (χ0) is 25.0. The van der Waals surface area contributed by atoms with Crippen LogP contribution >= 0.6 is 0 Å². The Morgan fingerprint density at radius 3 is 2.11 bits per heavy atom.